The lowest BCUT2D eigenvalue weighted by Gasteiger charge is -2.02. The highest BCUT2D eigenvalue weighted by atomic mass is 35.5. The van der Waals surface area contributed by atoms with E-state index in [1.54, 1.807) is 24.4 Å². The lowest BCUT2D eigenvalue weighted by atomic mass is 10.1. The van der Waals surface area contributed by atoms with Crippen LogP contribution in [0.4, 0.5) is 0 Å². The van der Waals surface area contributed by atoms with Crippen LogP contribution in [-0.2, 0) is 0 Å². The van der Waals surface area contributed by atoms with Crippen molar-refractivity contribution in [3.05, 3.63) is 57.8 Å². The number of hydrogen-bond donors (Lipinski definition) is 0. The van der Waals surface area contributed by atoms with Crippen molar-refractivity contribution < 1.29 is 0 Å². The monoisotopic (exact) mass is 301 g/mol. The van der Waals surface area contributed by atoms with E-state index in [2.05, 4.69) is 11.1 Å². The summed E-state index contributed by atoms with van der Waals surface area (Å²) in [6.07, 6.45) is 1.78. The van der Waals surface area contributed by atoms with Crippen LogP contribution in [0.3, 0.4) is 0 Å². The van der Waals surface area contributed by atoms with Gasteiger partial charge in [-0.1, -0.05) is 29.3 Å². The third kappa shape index (κ3) is 2.03. The van der Waals surface area contributed by atoms with E-state index in [0.717, 1.165) is 22.6 Å². The maximum atomic E-state index is 8.96. The fourth-order valence-corrected chi connectivity index (χ4v) is 2.44. The van der Waals surface area contributed by atoms with Gasteiger partial charge < -0.3 is 4.40 Å². The molecular weight excluding hydrogens is 293 g/mol. The molecule has 0 atom stereocenters. The van der Waals surface area contributed by atoms with Crippen LogP contribution >= 0.6 is 23.2 Å². The van der Waals surface area contributed by atoms with Gasteiger partial charge in [-0.05, 0) is 31.2 Å². The summed E-state index contributed by atoms with van der Waals surface area (Å²) in [5.41, 5.74) is 4.08. The first-order valence-electron chi connectivity index (χ1n) is 5.94. The average molecular weight is 302 g/mol. The molecule has 3 rings (SSSR count). The molecule has 0 fully saturated rings. The predicted octanol–water partition coefficient (Wildman–Crippen LogP) is 4.49. The number of nitrogens with zero attached hydrogens (tertiary/aromatic N) is 3. The molecule has 0 saturated heterocycles. The van der Waals surface area contributed by atoms with Gasteiger partial charge in [0.1, 0.15) is 11.7 Å². The van der Waals surface area contributed by atoms with E-state index < -0.39 is 0 Å². The van der Waals surface area contributed by atoms with Gasteiger partial charge in [0, 0.05) is 17.5 Å². The first-order valence-corrected chi connectivity index (χ1v) is 6.70. The highest BCUT2D eigenvalue weighted by molar-refractivity contribution is 6.42. The molecule has 0 aliphatic heterocycles. The Morgan fingerprint density at radius 2 is 1.95 bits per heavy atom. The van der Waals surface area contributed by atoms with Crippen LogP contribution in [0.5, 0.6) is 0 Å². The number of hydrogen-bond acceptors (Lipinski definition) is 2. The molecule has 5 heteroatoms. The van der Waals surface area contributed by atoms with Crippen molar-refractivity contribution >= 4 is 28.8 Å². The van der Waals surface area contributed by atoms with Crippen molar-refractivity contribution in [3.8, 4) is 17.3 Å². The molecule has 0 aliphatic carbocycles. The molecule has 0 amide bonds. The van der Waals surface area contributed by atoms with Crippen molar-refractivity contribution in [2.45, 2.75) is 6.92 Å². The third-order valence-electron chi connectivity index (χ3n) is 3.18. The van der Waals surface area contributed by atoms with Gasteiger partial charge in [-0.2, -0.15) is 5.26 Å². The summed E-state index contributed by atoms with van der Waals surface area (Å²) in [7, 11) is 0. The lowest BCUT2D eigenvalue weighted by Crippen LogP contribution is -1.89. The summed E-state index contributed by atoms with van der Waals surface area (Å²) in [6.45, 7) is 1.96. The highest BCUT2D eigenvalue weighted by Crippen LogP contribution is 2.30. The Balaban J connectivity index is 2.24. The van der Waals surface area contributed by atoms with Crippen molar-refractivity contribution in [1.29, 1.82) is 5.26 Å². The fraction of sp³-hybridized carbons (Fsp3) is 0.0667. The number of aromatic nitrogens is 2. The molecule has 3 aromatic rings. The number of nitriles is 1. The van der Waals surface area contributed by atoms with E-state index in [1.807, 2.05) is 23.5 Å². The Hall–Kier alpha value is -2.02. The second-order valence-electron chi connectivity index (χ2n) is 4.43. The van der Waals surface area contributed by atoms with Gasteiger partial charge in [0.2, 0.25) is 0 Å². The minimum absolute atomic E-state index is 0.498. The normalized spacial score (nSPS) is 10.7. The fourth-order valence-electron chi connectivity index (χ4n) is 2.15. The number of benzene rings is 1. The van der Waals surface area contributed by atoms with Crippen molar-refractivity contribution in [3.63, 3.8) is 0 Å². The maximum absolute atomic E-state index is 8.96. The Bertz CT molecular complexity index is 859. The van der Waals surface area contributed by atoms with Crippen molar-refractivity contribution in [1.82, 2.24) is 9.38 Å². The SMILES string of the molecule is Cc1c(-c2ccc(Cl)c(Cl)c2)nc2ccc(C#N)cn12. The molecule has 20 heavy (non-hydrogen) atoms. The topological polar surface area (TPSA) is 41.1 Å². The predicted molar refractivity (Wildman–Crippen MR) is 80.1 cm³/mol. The molecule has 3 nitrogen and oxygen atoms in total. The van der Waals surface area contributed by atoms with E-state index in [-0.39, 0.29) is 0 Å². The van der Waals surface area contributed by atoms with E-state index >= 15 is 0 Å². The maximum Gasteiger partial charge on any atom is 0.137 e. The van der Waals surface area contributed by atoms with Gasteiger partial charge in [-0.25, -0.2) is 4.98 Å². The third-order valence-corrected chi connectivity index (χ3v) is 3.92. The van der Waals surface area contributed by atoms with Gasteiger partial charge in [0.25, 0.3) is 0 Å². The van der Waals surface area contributed by atoms with Crippen LogP contribution in [-0.4, -0.2) is 9.38 Å². The summed E-state index contributed by atoms with van der Waals surface area (Å²) in [6, 6.07) is 11.1. The minimum Gasteiger partial charge on any atom is -0.302 e. The van der Waals surface area contributed by atoms with Gasteiger partial charge in [-0.3, -0.25) is 0 Å². The lowest BCUT2D eigenvalue weighted by molar-refractivity contribution is 1.10. The van der Waals surface area contributed by atoms with Crippen LogP contribution in [0.2, 0.25) is 10.0 Å². The average Bonchev–Trinajstić information content (AvgIpc) is 2.79. The summed E-state index contributed by atoms with van der Waals surface area (Å²) in [5, 5.41) is 9.98. The second-order valence-corrected chi connectivity index (χ2v) is 5.25. The van der Waals surface area contributed by atoms with Gasteiger partial charge in [0.15, 0.2) is 0 Å². The number of aryl methyl sites for hydroxylation is 1. The number of rotatable bonds is 1. The Labute approximate surface area is 126 Å². The number of fused-ring (bicyclic) bond motifs is 1. The molecule has 2 aromatic heterocycles. The van der Waals surface area contributed by atoms with Crippen LogP contribution in [0, 0.1) is 18.3 Å². The molecule has 98 valence electrons. The highest BCUT2D eigenvalue weighted by Gasteiger charge is 2.12. The van der Waals surface area contributed by atoms with Crippen LogP contribution < -0.4 is 0 Å². The number of pyridine rings is 1. The Kier molecular flexibility index (Phi) is 3.13. The minimum atomic E-state index is 0.498. The molecule has 0 N–H and O–H groups in total. The molecule has 0 radical (unpaired) electrons. The van der Waals surface area contributed by atoms with Gasteiger partial charge in [0.05, 0.1) is 21.3 Å². The molecule has 0 aliphatic rings. The Morgan fingerprint density at radius 1 is 1.15 bits per heavy atom. The van der Waals surface area contributed by atoms with E-state index in [9.17, 15) is 0 Å². The summed E-state index contributed by atoms with van der Waals surface area (Å²) in [4.78, 5) is 4.58. The number of imidazole rings is 1. The molecule has 0 bridgehead atoms. The summed E-state index contributed by atoms with van der Waals surface area (Å²) in [5.74, 6) is 0. The van der Waals surface area contributed by atoms with E-state index in [1.165, 1.54) is 0 Å². The smallest absolute Gasteiger partial charge is 0.137 e. The zero-order valence-corrected chi connectivity index (χ0v) is 12.1. The first kappa shape index (κ1) is 13.0. The van der Waals surface area contributed by atoms with Crippen molar-refractivity contribution in [2.75, 3.05) is 0 Å². The van der Waals surface area contributed by atoms with Gasteiger partial charge in [-0.15, -0.1) is 0 Å². The zero-order chi connectivity index (χ0) is 14.3. The van der Waals surface area contributed by atoms with Crippen molar-refractivity contribution in [2.24, 2.45) is 0 Å². The van der Waals surface area contributed by atoms with Crippen LogP contribution in [0.15, 0.2) is 36.5 Å². The van der Waals surface area contributed by atoms with E-state index in [0.29, 0.717) is 15.6 Å². The zero-order valence-electron chi connectivity index (χ0n) is 10.6. The van der Waals surface area contributed by atoms with Crippen LogP contribution in [0.1, 0.15) is 11.3 Å². The first-order chi connectivity index (χ1) is 9.60. The van der Waals surface area contributed by atoms with Crippen LogP contribution in [0.25, 0.3) is 16.9 Å². The summed E-state index contributed by atoms with van der Waals surface area (Å²) >= 11 is 12.0. The largest absolute Gasteiger partial charge is 0.302 e. The molecule has 0 unspecified atom stereocenters. The standard InChI is InChI=1S/C15H9Cl2N3/c1-9-15(11-3-4-12(16)13(17)6-11)19-14-5-2-10(7-18)8-20(9)14/h2-6,8H,1H3. The molecular formula is C15H9Cl2N3. The summed E-state index contributed by atoms with van der Waals surface area (Å²) < 4.78 is 1.90. The van der Waals surface area contributed by atoms with Gasteiger partial charge >= 0.3 is 0 Å². The molecule has 1 aromatic carbocycles. The molecule has 0 spiro atoms. The second kappa shape index (κ2) is 4.82. The van der Waals surface area contributed by atoms with E-state index in [4.69, 9.17) is 28.5 Å². The Morgan fingerprint density at radius 3 is 2.65 bits per heavy atom. The molecule has 2 heterocycles. The molecule has 0 saturated carbocycles. The quantitative estimate of drug-likeness (QED) is 0.664. The number of halogens is 2.